The molecule has 4 amide bonds. The van der Waals surface area contributed by atoms with Gasteiger partial charge >= 0.3 is 6.03 Å². The number of benzene rings is 2. The lowest BCUT2D eigenvalue weighted by Crippen LogP contribution is -2.54. The highest BCUT2D eigenvalue weighted by Crippen LogP contribution is 2.60. The fourth-order valence-electron chi connectivity index (χ4n) is 7.82. The van der Waals surface area contributed by atoms with Gasteiger partial charge in [0.05, 0.1) is 5.69 Å². The molecule has 8 rings (SSSR count). The van der Waals surface area contributed by atoms with Crippen LogP contribution in [0.25, 0.3) is 11.8 Å². The second-order valence-electron chi connectivity index (χ2n) is 11.5. The molecule has 1 aliphatic heterocycles. The Morgan fingerprint density at radius 3 is 2.05 bits per heavy atom. The average molecular weight is 570 g/mol. The van der Waals surface area contributed by atoms with Crippen molar-refractivity contribution in [2.24, 2.45) is 17.8 Å². The Morgan fingerprint density at radius 1 is 0.816 bits per heavy atom. The van der Waals surface area contributed by atoms with Crippen LogP contribution >= 0.6 is 15.9 Å². The van der Waals surface area contributed by atoms with Gasteiger partial charge in [-0.1, -0.05) is 28.1 Å². The van der Waals surface area contributed by atoms with E-state index >= 15 is 0 Å². The second kappa shape index (κ2) is 8.80. The lowest BCUT2D eigenvalue weighted by Gasteiger charge is -2.57. The van der Waals surface area contributed by atoms with Crippen LogP contribution < -0.4 is 10.2 Å². The molecule has 4 bridgehead atoms. The Kier molecular flexibility index (Phi) is 5.48. The zero-order chi connectivity index (χ0) is 26.0. The number of amides is 4. The highest BCUT2D eigenvalue weighted by molar-refractivity contribution is 9.10. The molecule has 5 fully saturated rings. The van der Waals surface area contributed by atoms with Gasteiger partial charge in [-0.15, -0.1) is 0 Å². The van der Waals surface area contributed by atoms with E-state index in [1.807, 2.05) is 59.3 Å². The minimum atomic E-state index is -0.719. The summed E-state index contributed by atoms with van der Waals surface area (Å²) in [6.45, 7) is 0. The van der Waals surface area contributed by atoms with Crippen molar-refractivity contribution < 1.29 is 14.4 Å². The molecule has 1 aromatic heterocycles. The third-order valence-corrected chi connectivity index (χ3v) is 9.58. The van der Waals surface area contributed by atoms with E-state index in [1.165, 1.54) is 44.1 Å². The molecule has 6 nitrogen and oxygen atoms in total. The van der Waals surface area contributed by atoms with Crippen LogP contribution in [0.5, 0.6) is 0 Å². The van der Waals surface area contributed by atoms with Gasteiger partial charge in [0.1, 0.15) is 5.57 Å². The normalized spacial score (nSPS) is 29.3. The Hall–Kier alpha value is -3.45. The smallest absolute Gasteiger partial charge is 0.317 e. The van der Waals surface area contributed by atoms with Gasteiger partial charge in [0.15, 0.2) is 0 Å². The Bertz CT molecular complexity index is 1450. The SMILES string of the molecule is O=C1NC(=O)N(c2ccc(C34CC5CC(CC(C5)C3)C4)cc2)C(=O)/C1=C/c1cccn1-c1ccc(Br)cc1. The summed E-state index contributed by atoms with van der Waals surface area (Å²) in [6, 6.07) is 18.6. The molecule has 38 heavy (non-hydrogen) atoms. The maximum absolute atomic E-state index is 13.5. The summed E-state index contributed by atoms with van der Waals surface area (Å²) < 4.78 is 2.85. The molecule has 5 aliphatic rings. The Balaban J connectivity index is 1.18. The van der Waals surface area contributed by atoms with Crippen molar-refractivity contribution in [3.63, 3.8) is 0 Å². The second-order valence-corrected chi connectivity index (χ2v) is 12.4. The molecule has 3 aromatic rings. The van der Waals surface area contributed by atoms with Crippen molar-refractivity contribution in [1.29, 1.82) is 0 Å². The predicted octanol–water partition coefficient (Wildman–Crippen LogP) is 6.37. The molecule has 0 atom stereocenters. The minimum absolute atomic E-state index is 0.0770. The molecule has 2 aromatic carbocycles. The first kappa shape index (κ1) is 23.7. The summed E-state index contributed by atoms with van der Waals surface area (Å²) >= 11 is 3.44. The molecular weight excluding hydrogens is 542 g/mol. The summed E-state index contributed by atoms with van der Waals surface area (Å²) in [5.74, 6) is 1.20. The number of aromatic nitrogens is 1. The van der Waals surface area contributed by atoms with E-state index in [0.29, 0.717) is 11.4 Å². The molecule has 192 valence electrons. The standard InChI is InChI=1S/C31H28BrN3O3/c32-23-5-9-24(10-6-23)34-11-1-2-26(34)15-27-28(36)33-30(38)35(29(27)37)25-7-3-22(4-8-25)31-16-19-12-20(17-31)14-21(13-19)18-31/h1-11,15,19-21H,12-14,16-18H2,(H,33,36,38)/b27-15+. The first-order valence-corrected chi connectivity index (χ1v) is 14.1. The fraction of sp³-hybridized carbons (Fsp3) is 0.323. The van der Waals surface area contributed by atoms with Gasteiger partial charge in [-0.25, -0.2) is 9.69 Å². The van der Waals surface area contributed by atoms with Crippen LogP contribution in [0.2, 0.25) is 0 Å². The van der Waals surface area contributed by atoms with Gasteiger partial charge in [-0.05, 0) is 122 Å². The monoisotopic (exact) mass is 569 g/mol. The third-order valence-electron chi connectivity index (χ3n) is 9.06. The van der Waals surface area contributed by atoms with Gasteiger partial charge in [0, 0.05) is 22.1 Å². The number of nitrogens with zero attached hydrogens (tertiary/aromatic N) is 2. The molecule has 2 heterocycles. The number of carbonyl (C=O) groups excluding carboxylic acids is 3. The van der Waals surface area contributed by atoms with Crippen molar-refractivity contribution in [2.75, 3.05) is 4.90 Å². The molecule has 0 radical (unpaired) electrons. The van der Waals surface area contributed by atoms with Crippen LogP contribution in [0.1, 0.15) is 49.8 Å². The van der Waals surface area contributed by atoms with Crippen LogP contribution in [0, 0.1) is 17.8 Å². The van der Waals surface area contributed by atoms with E-state index in [-0.39, 0.29) is 11.0 Å². The van der Waals surface area contributed by atoms with Gasteiger partial charge in [0.2, 0.25) is 0 Å². The minimum Gasteiger partial charge on any atom is -0.317 e. The third kappa shape index (κ3) is 3.87. The van der Waals surface area contributed by atoms with Crippen molar-refractivity contribution in [3.8, 4) is 5.69 Å². The Morgan fingerprint density at radius 2 is 1.42 bits per heavy atom. The lowest BCUT2D eigenvalue weighted by molar-refractivity contribution is -0.122. The molecule has 1 N–H and O–H groups in total. The first-order valence-electron chi connectivity index (χ1n) is 13.3. The van der Waals surface area contributed by atoms with E-state index in [2.05, 4.69) is 33.4 Å². The zero-order valence-electron chi connectivity index (χ0n) is 20.9. The van der Waals surface area contributed by atoms with E-state index in [1.54, 1.807) is 6.08 Å². The van der Waals surface area contributed by atoms with E-state index in [9.17, 15) is 14.4 Å². The number of carbonyl (C=O) groups is 3. The molecular formula is C31H28BrN3O3. The number of barbiturate groups is 1. The summed E-state index contributed by atoms with van der Waals surface area (Å²) in [5.41, 5.74) is 3.51. The largest absolute Gasteiger partial charge is 0.335 e. The number of halogens is 1. The van der Waals surface area contributed by atoms with Crippen molar-refractivity contribution >= 4 is 45.5 Å². The van der Waals surface area contributed by atoms with E-state index in [0.717, 1.165) is 32.8 Å². The lowest BCUT2D eigenvalue weighted by atomic mass is 9.48. The zero-order valence-corrected chi connectivity index (χ0v) is 22.5. The molecule has 0 unspecified atom stereocenters. The van der Waals surface area contributed by atoms with Gasteiger partial charge in [-0.3, -0.25) is 14.9 Å². The van der Waals surface area contributed by atoms with Crippen molar-refractivity contribution in [1.82, 2.24) is 9.88 Å². The predicted molar refractivity (Wildman–Crippen MR) is 149 cm³/mol. The molecule has 4 aliphatic carbocycles. The summed E-state index contributed by atoms with van der Waals surface area (Å²) in [6.07, 6.45) is 11.3. The topological polar surface area (TPSA) is 71.4 Å². The maximum Gasteiger partial charge on any atom is 0.335 e. The summed E-state index contributed by atoms with van der Waals surface area (Å²) in [7, 11) is 0. The quantitative estimate of drug-likeness (QED) is 0.293. The van der Waals surface area contributed by atoms with E-state index in [4.69, 9.17) is 0 Å². The average Bonchev–Trinajstić information content (AvgIpc) is 3.35. The number of hydrogen-bond acceptors (Lipinski definition) is 3. The van der Waals surface area contributed by atoms with Crippen LogP contribution in [0.15, 0.2) is 76.9 Å². The number of imide groups is 2. The number of anilines is 1. The van der Waals surface area contributed by atoms with Crippen LogP contribution in [-0.4, -0.2) is 22.4 Å². The van der Waals surface area contributed by atoms with Gasteiger partial charge in [0.25, 0.3) is 11.8 Å². The highest BCUT2D eigenvalue weighted by Gasteiger charge is 2.51. The van der Waals surface area contributed by atoms with E-state index < -0.39 is 17.8 Å². The number of rotatable bonds is 4. The molecule has 4 saturated carbocycles. The number of hydrogen-bond donors (Lipinski definition) is 1. The van der Waals surface area contributed by atoms with Gasteiger partial charge in [-0.2, -0.15) is 0 Å². The van der Waals surface area contributed by atoms with Gasteiger partial charge < -0.3 is 4.57 Å². The fourth-order valence-corrected chi connectivity index (χ4v) is 8.08. The molecule has 7 heteroatoms. The number of urea groups is 1. The van der Waals surface area contributed by atoms with Crippen molar-refractivity contribution in [2.45, 2.75) is 43.9 Å². The van der Waals surface area contributed by atoms with Crippen LogP contribution in [0.4, 0.5) is 10.5 Å². The number of nitrogens with one attached hydrogen (secondary N) is 1. The maximum atomic E-state index is 13.5. The van der Waals surface area contributed by atoms with Crippen LogP contribution in [0.3, 0.4) is 0 Å². The summed E-state index contributed by atoms with van der Waals surface area (Å²) in [4.78, 5) is 40.2. The first-order chi connectivity index (χ1) is 18.4. The van der Waals surface area contributed by atoms with Crippen LogP contribution in [-0.2, 0) is 15.0 Å². The summed E-state index contributed by atoms with van der Waals surface area (Å²) in [5, 5.41) is 2.35. The molecule has 0 spiro atoms. The van der Waals surface area contributed by atoms with Crippen molar-refractivity contribution in [3.05, 3.63) is 88.2 Å². The highest BCUT2D eigenvalue weighted by atomic mass is 79.9. The molecule has 1 saturated heterocycles. The Labute approximate surface area is 229 Å².